The van der Waals surface area contributed by atoms with E-state index in [1.807, 2.05) is 6.92 Å². The molecule has 0 aliphatic rings. The third-order valence-electron chi connectivity index (χ3n) is 2.36. The van der Waals surface area contributed by atoms with Gasteiger partial charge in [-0.25, -0.2) is 0 Å². The van der Waals surface area contributed by atoms with E-state index in [1.54, 1.807) is 12.1 Å². The van der Waals surface area contributed by atoms with Gasteiger partial charge in [0.25, 0.3) is 5.69 Å². The minimum absolute atomic E-state index is 0.0725. The summed E-state index contributed by atoms with van der Waals surface area (Å²) in [6.45, 7) is 3.35. The molecule has 1 atom stereocenters. The van der Waals surface area contributed by atoms with E-state index < -0.39 is 4.92 Å². The zero-order chi connectivity index (χ0) is 11.4. The average Bonchev–Trinajstić information content (AvgIpc) is 2.18. The predicted octanol–water partition coefficient (Wildman–Crippen LogP) is 2.36. The van der Waals surface area contributed by atoms with E-state index in [0.29, 0.717) is 6.42 Å². The second-order valence-corrected chi connectivity index (χ2v) is 3.64. The largest absolute Gasteiger partial charge is 0.300 e. The Morgan fingerprint density at radius 3 is 2.73 bits per heavy atom. The number of benzene rings is 1. The molecule has 0 radical (unpaired) electrons. The Labute approximate surface area is 88.1 Å². The van der Waals surface area contributed by atoms with Crippen molar-refractivity contribution in [1.29, 1.82) is 0 Å². The SMILES string of the molecule is CC(=O)[C@@H](C)Cc1cccc([N+](=O)[O-])c1. The van der Waals surface area contributed by atoms with Crippen molar-refractivity contribution >= 4 is 11.5 Å². The Kier molecular flexibility index (Phi) is 3.55. The standard InChI is InChI=1S/C11H13NO3/c1-8(9(2)13)6-10-4-3-5-11(7-10)12(14)15/h3-5,7-8H,6H2,1-2H3/t8-/m0/s1. The molecule has 0 unspecified atom stereocenters. The molecule has 0 heterocycles. The summed E-state index contributed by atoms with van der Waals surface area (Å²) in [5.74, 6) is 0.00788. The number of nitrogens with zero attached hydrogens (tertiary/aromatic N) is 1. The second kappa shape index (κ2) is 4.68. The van der Waals surface area contributed by atoms with Crippen LogP contribution >= 0.6 is 0 Å². The number of hydrogen-bond donors (Lipinski definition) is 0. The lowest BCUT2D eigenvalue weighted by molar-refractivity contribution is -0.384. The molecule has 1 aromatic rings. The highest BCUT2D eigenvalue weighted by Crippen LogP contribution is 2.16. The Balaban J connectivity index is 2.82. The van der Waals surface area contributed by atoms with E-state index >= 15 is 0 Å². The van der Waals surface area contributed by atoms with Crippen LogP contribution in [0.4, 0.5) is 5.69 Å². The van der Waals surface area contributed by atoms with Crippen LogP contribution in [0, 0.1) is 16.0 Å². The van der Waals surface area contributed by atoms with Gasteiger partial charge < -0.3 is 0 Å². The van der Waals surface area contributed by atoms with Gasteiger partial charge in [0, 0.05) is 18.1 Å². The van der Waals surface area contributed by atoms with Gasteiger partial charge >= 0.3 is 0 Å². The molecule has 4 heteroatoms. The van der Waals surface area contributed by atoms with Gasteiger partial charge in [-0.3, -0.25) is 14.9 Å². The first-order chi connectivity index (χ1) is 7.00. The Morgan fingerprint density at radius 2 is 2.20 bits per heavy atom. The molecule has 0 N–H and O–H groups in total. The lowest BCUT2D eigenvalue weighted by Gasteiger charge is -2.06. The topological polar surface area (TPSA) is 60.2 Å². The maximum Gasteiger partial charge on any atom is 0.269 e. The Hall–Kier alpha value is -1.71. The number of ketones is 1. The van der Waals surface area contributed by atoms with Crippen molar-refractivity contribution in [3.63, 3.8) is 0 Å². The molecule has 80 valence electrons. The first-order valence-corrected chi connectivity index (χ1v) is 4.74. The third-order valence-corrected chi connectivity index (χ3v) is 2.36. The quantitative estimate of drug-likeness (QED) is 0.562. The maximum absolute atomic E-state index is 11.0. The number of carbonyl (C=O) groups excluding carboxylic acids is 1. The van der Waals surface area contributed by atoms with Crippen LogP contribution in [0.2, 0.25) is 0 Å². The van der Waals surface area contributed by atoms with Crippen molar-refractivity contribution in [3.05, 3.63) is 39.9 Å². The van der Waals surface area contributed by atoms with Crippen molar-refractivity contribution in [2.24, 2.45) is 5.92 Å². The first kappa shape index (κ1) is 11.4. The average molecular weight is 207 g/mol. The molecule has 0 saturated carbocycles. The number of hydrogen-bond acceptors (Lipinski definition) is 3. The van der Waals surface area contributed by atoms with Gasteiger partial charge in [-0.05, 0) is 18.9 Å². The Morgan fingerprint density at radius 1 is 1.53 bits per heavy atom. The molecule has 0 spiro atoms. The lowest BCUT2D eigenvalue weighted by atomic mass is 9.98. The van der Waals surface area contributed by atoms with Crippen LogP contribution in [-0.4, -0.2) is 10.7 Å². The van der Waals surface area contributed by atoms with Crippen LogP contribution in [0.15, 0.2) is 24.3 Å². The molecule has 1 aromatic carbocycles. The number of Topliss-reactive ketones (excluding diaryl/α,β-unsaturated/α-hetero) is 1. The number of nitro groups is 1. The molecule has 0 saturated heterocycles. The van der Waals surface area contributed by atoms with Crippen LogP contribution in [0.3, 0.4) is 0 Å². The number of non-ortho nitro benzene ring substituents is 1. The monoisotopic (exact) mass is 207 g/mol. The molecule has 0 aromatic heterocycles. The van der Waals surface area contributed by atoms with Gasteiger partial charge in [0.15, 0.2) is 0 Å². The molecule has 0 aliphatic carbocycles. The first-order valence-electron chi connectivity index (χ1n) is 4.74. The maximum atomic E-state index is 11.0. The summed E-state index contributed by atoms with van der Waals surface area (Å²) >= 11 is 0. The summed E-state index contributed by atoms with van der Waals surface area (Å²) < 4.78 is 0. The van der Waals surface area contributed by atoms with Crippen LogP contribution in [0.25, 0.3) is 0 Å². The van der Waals surface area contributed by atoms with Crippen molar-refractivity contribution in [2.75, 3.05) is 0 Å². The third kappa shape index (κ3) is 3.16. The summed E-state index contributed by atoms with van der Waals surface area (Å²) in [6, 6.07) is 6.40. The molecule has 0 fully saturated rings. The number of rotatable bonds is 4. The lowest BCUT2D eigenvalue weighted by Crippen LogP contribution is -2.09. The molecule has 0 bridgehead atoms. The summed E-state index contributed by atoms with van der Waals surface area (Å²) in [5.41, 5.74) is 0.898. The van der Waals surface area contributed by atoms with Gasteiger partial charge in [-0.15, -0.1) is 0 Å². The minimum atomic E-state index is -0.429. The summed E-state index contributed by atoms with van der Waals surface area (Å²) in [5, 5.41) is 10.5. The fourth-order valence-electron chi connectivity index (χ4n) is 1.29. The van der Waals surface area contributed by atoms with Crippen molar-refractivity contribution in [1.82, 2.24) is 0 Å². The smallest absolute Gasteiger partial charge is 0.269 e. The van der Waals surface area contributed by atoms with Crippen LogP contribution in [0.1, 0.15) is 19.4 Å². The highest BCUT2D eigenvalue weighted by Gasteiger charge is 2.11. The van der Waals surface area contributed by atoms with Gasteiger partial charge in [0.1, 0.15) is 5.78 Å². The fraction of sp³-hybridized carbons (Fsp3) is 0.364. The van der Waals surface area contributed by atoms with E-state index in [9.17, 15) is 14.9 Å². The van der Waals surface area contributed by atoms with Crippen molar-refractivity contribution in [2.45, 2.75) is 20.3 Å². The number of nitro benzene ring substituents is 1. The van der Waals surface area contributed by atoms with E-state index in [-0.39, 0.29) is 17.4 Å². The molecule has 15 heavy (non-hydrogen) atoms. The van der Waals surface area contributed by atoms with Crippen LogP contribution in [0.5, 0.6) is 0 Å². The highest BCUT2D eigenvalue weighted by molar-refractivity contribution is 5.78. The zero-order valence-electron chi connectivity index (χ0n) is 8.77. The normalized spacial score (nSPS) is 12.1. The van der Waals surface area contributed by atoms with Gasteiger partial charge in [0.05, 0.1) is 4.92 Å². The Bertz CT molecular complexity index is 387. The fourth-order valence-corrected chi connectivity index (χ4v) is 1.29. The number of carbonyl (C=O) groups is 1. The molecular weight excluding hydrogens is 194 g/mol. The minimum Gasteiger partial charge on any atom is -0.300 e. The van der Waals surface area contributed by atoms with E-state index in [0.717, 1.165) is 5.56 Å². The predicted molar refractivity (Wildman–Crippen MR) is 56.6 cm³/mol. The van der Waals surface area contributed by atoms with Gasteiger partial charge in [-0.1, -0.05) is 19.1 Å². The van der Waals surface area contributed by atoms with E-state index in [2.05, 4.69) is 0 Å². The molecule has 0 aliphatic heterocycles. The van der Waals surface area contributed by atoms with E-state index in [4.69, 9.17) is 0 Å². The second-order valence-electron chi connectivity index (χ2n) is 3.64. The molecular formula is C11H13NO3. The molecule has 1 rings (SSSR count). The molecule has 4 nitrogen and oxygen atoms in total. The van der Waals surface area contributed by atoms with Gasteiger partial charge in [0.2, 0.25) is 0 Å². The van der Waals surface area contributed by atoms with Crippen molar-refractivity contribution in [3.8, 4) is 0 Å². The van der Waals surface area contributed by atoms with E-state index in [1.165, 1.54) is 19.1 Å². The zero-order valence-corrected chi connectivity index (χ0v) is 8.77. The summed E-state index contributed by atoms with van der Waals surface area (Å²) in [4.78, 5) is 21.1. The summed E-state index contributed by atoms with van der Waals surface area (Å²) in [6.07, 6.45) is 0.553. The molecule has 0 amide bonds. The highest BCUT2D eigenvalue weighted by atomic mass is 16.6. The van der Waals surface area contributed by atoms with Gasteiger partial charge in [-0.2, -0.15) is 0 Å². The van der Waals surface area contributed by atoms with Crippen LogP contribution in [-0.2, 0) is 11.2 Å². The van der Waals surface area contributed by atoms with Crippen molar-refractivity contribution < 1.29 is 9.72 Å². The van der Waals surface area contributed by atoms with Crippen LogP contribution < -0.4 is 0 Å². The summed E-state index contributed by atoms with van der Waals surface area (Å²) in [7, 11) is 0.